The van der Waals surface area contributed by atoms with E-state index < -0.39 is 0 Å². The lowest BCUT2D eigenvalue weighted by Gasteiger charge is -2.04. The molecule has 0 nitrogen and oxygen atoms in total. The van der Waals surface area contributed by atoms with E-state index >= 15 is 0 Å². The molecule has 0 heteroatoms. The van der Waals surface area contributed by atoms with E-state index in [9.17, 15) is 0 Å². The maximum atomic E-state index is 2.27. The average molecular weight is 274 g/mol. The molecule has 2 aliphatic carbocycles. The summed E-state index contributed by atoms with van der Waals surface area (Å²) in [6.07, 6.45) is 1.09. The van der Waals surface area contributed by atoms with Crippen molar-refractivity contribution in [2.45, 2.75) is 33.1 Å². The minimum Gasteiger partial charge on any atom is -0.0613 e. The Morgan fingerprint density at radius 2 is 1.14 bits per heavy atom. The van der Waals surface area contributed by atoms with E-state index in [4.69, 9.17) is 0 Å². The predicted molar refractivity (Wildman–Crippen MR) is 92.0 cm³/mol. The Bertz CT molecular complexity index is 705. The smallest absolute Gasteiger partial charge is 0.0105 e. The number of rotatable bonds is 3. The number of fused-ring (bicyclic) bond motifs is 1. The number of benzene rings is 1. The molecule has 0 heterocycles. The zero-order valence-electron chi connectivity index (χ0n) is 13.1. The van der Waals surface area contributed by atoms with Gasteiger partial charge in [0.2, 0.25) is 0 Å². The monoisotopic (exact) mass is 274 g/mol. The first-order valence-electron chi connectivity index (χ1n) is 7.81. The van der Waals surface area contributed by atoms with Crippen LogP contribution in [0.25, 0.3) is 22.3 Å². The minimum atomic E-state index is 0.564. The number of hydrogen-bond donors (Lipinski definition) is 0. The maximum absolute atomic E-state index is 2.27. The van der Waals surface area contributed by atoms with E-state index in [0.29, 0.717) is 5.92 Å². The molecule has 1 aromatic carbocycles. The highest BCUT2D eigenvalue weighted by molar-refractivity contribution is 5.86. The third kappa shape index (κ3) is 2.71. The second kappa shape index (κ2) is 5.73. The fourth-order valence-corrected chi connectivity index (χ4v) is 2.82. The standard InChI is InChI=1S/C21H22/c1-4-16-5-7-18(8-6-16)21-14-12-19-10-9-17(15(2)3)11-13-20(19)21/h5-15H,4H2,1-3H3. The summed E-state index contributed by atoms with van der Waals surface area (Å²) < 4.78 is 0. The molecule has 0 saturated carbocycles. The van der Waals surface area contributed by atoms with Crippen LogP contribution in [0.4, 0.5) is 0 Å². The number of hydrogen-bond acceptors (Lipinski definition) is 0. The Hall–Kier alpha value is -2.08. The highest BCUT2D eigenvalue weighted by atomic mass is 14.1. The summed E-state index contributed by atoms with van der Waals surface area (Å²) in [6, 6.07) is 22.4. The lowest BCUT2D eigenvalue weighted by atomic mass is 10.0. The molecule has 21 heavy (non-hydrogen) atoms. The molecule has 0 spiro atoms. The minimum absolute atomic E-state index is 0.564. The van der Waals surface area contributed by atoms with Crippen LogP contribution in [0.5, 0.6) is 0 Å². The van der Waals surface area contributed by atoms with Gasteiger partial charge < -0.3 is 0 Å². The van der Waals surface area contributed by atoms with Crippen LogP contribution in [-0.4, -0.2) is 0 Å². The van der Waals surface area contributed by atoms with Gasteiger partial charge in [0.1, 0.15) is 0 Å². The van der Waals surface area contributed by atoms with Gasteiger partial charge in [0.15, 0.2) is 0 Å². The highest BCUT2D eigenvalue weighted by Crippen LogP contribution is 2.35. The van der Waals surface area contributed by atoms with Crippen molar-refractivity contribution in [2.24, 2.45) is 0 Å². The molecule has 0 amide bonds. The molecule has 0 aliphatic heterocycles. The first kappa shape index (κ1) is 13.9. The third-order valence-electron chi connectivity index (χ3n) is 4.27. The number of aryl methyl sites for hydroxylation is 1. The normalized spacial score (nSPS) is 11.2. The molecule has 0 fully saturated rings. The molecule has 0 bridgehead atoms. The molecule has 0 saturated heterocycles. The molecule has 2 aliphatic rings. The first-order valence-corrected chi connectivity index (χ1v) is 7.81. The second-order valence-corrected chi connectivity index (χ2v) is 5.99. The van der Waals surface area contributed by atoms with Gasteiger partial charge in [-0.1, -0.05) is 81.4 Å². The van der Waals surface area contributed by atoms with Crippen LogP contribution in [0.3, 0.4) is 0 Å². The van der Waals surface area contributed by atoms with Crippen LogP contribution in [0.2, 0.25) is 0 Å². The van der Waals surface area contributed by atoms with Crippen molar-refractivity contribution in [3.63, 3.8) is 0 Å². The van der Waals surface area contributed by atoms with Crippen molar-refractivity contribution in [3.8, 4) is 22.3 Å². The lowest BCUT2D eigenvalue weighted by molar-refractivity contribution is 0.868. The van der Waals surface area contributed by atoms with Gasteiger partial charge in [-0.15, -0.1) is 0 Å². The van der Waals surface area contributed by atoms with Crippen LogP contribution in [-0.2, 0) is 6.42 Å². The van der Waals surface area contributed by atoms with E-state index in [1.165, 1.54) is 33.4 Å². The molecule has 0 unspecified atom stereocenters. The molecule has 0 radical (unpaired) electrons. The predicted octanol–water partition coefficient (Wildman–Crippen LogP) is 6.14. The Kier molecular flexibility index (Phi) is 3.79. The fourth-order valence-electron chi connectivity index (χ4n) is 2.82. The van der Waals surface area contributed by atoms with Gasteiger partial charge in [-0.3, -0.25) is 0 Å². The molecule has 0 N–H and O–H groups in total. The van der Waals surface area contributed by atoms with Gasteiger partial charge >= 0.3 is 0 Å². The Balaban J connectivity index is 2.07. The van der Waals surface area contributed by atoms with Crippen molar-refractivity contribution in [1.29, 1.82) is 0 Å². The molecule has 3 rings (SSSR count). The summed E-state index contributed by atoms with van der Waals surface area (Å²) in [6.45, 7) is 6.68. The van der Waals surface area contributed by atoms with Crippen LogP contribution in [0.15, 0.2) is 60.7 Å². The zero-order chi connectivity index (χ0) is 14.8. The van der Waals surface area contributed by atoms with Gasteiger partial charge in [0.05, 0.1) is 0 Å². The molecule has 1 aromatic rings. The van der Waals surface area contributed by atoms with E-state index in [2.05, 4.69) is 81.4 Å². The fraction of sp³-hybridized carbons (Fsp3) is 0.238. The molecule has 0 aromatic heterocycles. The van der Waals surface area contributed by atoms with Crippen molar-refractivity contribution >= 4 is 0 Å². The largest absolute Gasteiger partial charge is 0.0613 e. The van der Waals surface area contributed by atoms with E-state index in [1.54, 1.807) is 0 Å². The summed E-state index contributed by atoms with van der Waals surface area (Å²) in [5.41, 5.74) is 8.07. The Labute approximate surface area is 127 Å². The highest BCUT2D eigenvalue weighted by Gasteiger charge is 2.10. The SMILES string of the molecule is CCc1ccc(-c2ccc3ccc(C(C)C)ccc2-3)cc1. The van der Waals surface area contributed by atoms with Gasteiger partial charge in [0.25, 0.3) is 0 Å². The Morgan fingerprint density at radius 3 is 1.71 bits per heavy atom. The van der Waals surface area contributed by atoms with Gasteiger partial charge in [-0.25, -0.2) is 0 Å². The van der Waals surface area contributed by atoms with E-state index in [-0.39, 0.29) is 0 Å². The molecule has 106 valence electrons. The van der Waals surface area contributed by atoms with Crippen molar-refractivity contribution in [1.82, 2.24) is 0 Å². The summed E-state index contributed by atoms with van der Waals surface area (Å²) in [5, 5.41) is 0. The van der Waals surface area contributed by atoms with Gasteiger partial charge in [-0.05, 0) is 45.7 Å². The van der Waals surface area contributed by atoms with Crippen LogP contribution in [0, 0.1) is 0 Å². The molecule has 0 atom stereocenters. The van der Waals surface area contributed by atoms with Crippen LogP contribution in [0.1, 0.15) is 37.8 Å². The summed E-state index contributed by atoms with van der Waals surface area (Å²) in [4.78, 5) is 0. The summed E-state index contributed by atoms with van der Waals surface area (Å²) in [5.74, 6) is 0.564. The Morgan fingerprint density at radius 1 is 0.667 bits per heavy atom. The van der Waals surface area contributed by atoms with Crippen LogP contribution >= 0.6 is 0 Å². The summed E-state index contributed by atoms with van der Waals surface area (Å²) in [7, 11) is 0. The van der Waals surface area contributed by atoms with Crippen LogP contribution < -0.4 is 0 Å². The zero-order valence-corrected chi connectivity index (χ0v) is 13.1. The van der Waals surface area contributed by atoms with Gasteiger partial charge in [-0.2, -0.15) is 0 Å². The van der Waals surface area contributed by atoms with Gasteiger partial charge in [0, 0.05) is 0 Å². The van der Waals surface area contributed by atoms with E-state index in [0.717, 1.165) is 6.42 Å². The second-order valence-electron chi connectivity index (χ2n) is 5.99. The molecular weight excluding hydrogens is 252 g/mol. The van der Waals surface area contributed by atoms with Crippen molar-refractivity contribution in [3.05, 3.63) is 71.8 Å². The maximum Gasteiger partial charge on any atom is -0.0105 e. The summed E-state index contributed by atoms with van der Waals surface area (Å²) >= 11 is 0. The molecular formula is C21H22. The third-order valence-corrected chi connectivity index (χ3v) is 4.27. The average Bonchev–Trinajstić information content (AvgIpc) is 2.78. The topological polar surface area (TPSA) is 0 Å². The van der Waals surface area contributed by atoms with E-state index in [1.807, 2.05) is 0 Å². The van der Waals surface area contributed by atoms with Crippen molar-refractivity contribution < 1.29 is 0 Å². The first-order chi connectivity index (χ1) is 10.2. The quantitative estimate of drug-likeness (QED) is 0.537. The van der Waals surface area contributed by atoms with Crippen molar-refractivity contribution in [2.75, 3.05) is 0 Å². The lowest BCUT2D eigenvalue weighted by Crippen LogP contribution is -1.82.